The third-order valence-corrected chi connectivity index (χ3v) is 28.2. The van der Waals surface area contributed by atoms with Crippen molar-refractivity contribution in [1.82, 2.24) is 4.90 Å². The van der Waals surface area contributed by atoms with Gasteiger partial charge in [-0.25, -0.2) is 0 Å². The lowest BCUT2D eigenvalue weighted by molar-refractivity contribution is 0.0575. The molecule has 0 amide bonds. The molecule has 14 unspecified atom stereocenters. The van der Waals surface area contributed by atoms with Crippen LogP contribution in [0.25, 0.3) is 33.4 Å². The van der Waals surface area contributed by atoms with Crippen LogP contribution in [0.15, 0.2) is 345 Å². The SMILES string of the molecule is CC(C)(C)c1ccc(C2C=CC=CC2N2C3=CC4SC5CC(N(c6ccc(-c7ccccc7)cc6)c6ccccc6-c6ccccc6)CC6C5B(c5ccccc5N6c5ccccc5)C4C=C3B3c4ccccc4OC4CC(N(c5ccc(-c6ccccc6)cc5)C5CCCCC5c5ccccc5)CC2C34)cc1. The Morgan fingerprint density at radius 3 is 1.79 bits per heavy atom. The number of hydrogen-bond donors (Lipinski definition) is 0. The number of thioether (sulfide) groups is 1. The number of hydrogen-bond acceptors (Lipinski definition) is 6. The Morgan fingerprint density at radius 1 is 0.481 bits per heavy atom. The monoisotopic (exact) mass is 1420 g/mol. The molecule has 0 spiro atoms. The molecule has 20 rings (SSSR count). The van der Waals surface area contributed by atoms with Crippen LogP contribution in [0.5, 0.6) is 5.75 Å². The van der Waals surface area contributed by atoms with Gasteiger partial charge >= 0.3 is 0 Å². The fraction of sp³-hybridized carbons (Fsp3) is 0.260. The molecular formula is C100H94B2N4OS. The van der Waals surface area contributed by atoms with Crippen molar-refractivity contribution in [3.05, 3.63) is 362 Å². The van der Waals surface area contributed by atoms with Crippen LogP contribution < -0.4 is 30.4 Å². The molecule has 4 heterocycles. The summed E-state index contributed by atoms with van der Waals surface area (Å²) >= 11 is 2.34. The first-order valence-electron chi connectivity index (χ1n) is 40.3. The van der Waals surface area contributed by atoms with Crippen LogP contribution in [0.4, 0.5) is 28.4 Å². The van der Waals surface area contributed by atoms with Gasteiger partial charge in [-0.3, -0.25) is 0 Å². The maximum Gasteiger partial charge on any atom is 0.225 e. The zero-order valence-corrected chi connectivity index (χ0v) is 63.1. The topological polar surface area (TPSA) is 22.2 Å². The molecule has 532 valence electrons. The number of para-hydroxylation sites is 4. The predicted molar refractivity (Wildman–Crippen MR) is 456 cm³/mol. The summed E-state index contributed by atoms with van der Waals surface area (Å²) in [7, 11) is 0. The van der Waals surface area contributed by atoms with Gasteiger partial charge in [0.05, 0.1) is 12.1 Å². The van der Waals surface area contributed by atoms with Crippen LogP contribution in [-0.4, -0.2) is 71.2 Å². The molecule has 11 aromatic rings. The molecule has 2 saturated heterocycles. The molecule has 4 aliphatic heterocycles. The summed E-state index contributed by atoms with van der Waals surface area (Å²) in [6, 6.07) is 115. The van der Waals surface area contributed by atoms with Gasteiger partial charge < -0.3 is 24.3 Å². The number of nitrogens with zero attached hydrogens (tertiary/aromatic N) is 4. The average Bonchev–Trinajstić information content (AvgIpc) is 0.689. The second-order valence-electron chi connectivity index (χ2n) is 33.3. The molecule has 9 aliphatic rings. The first-order chi connectivity index (χ1) is 53.2. The molecule has 0 N–H and O–H groups in total. The molecule has 5 aliphatic carbocycles. The minimum atomic E-state index is -0.0297. The highest BCUT2D eigenvalue weighted by atomic mass is 32.2. The number of ether oxygens (including phenoxy) is 1. The van der Waals surface area contributed by atoms with Crippen molar-refractivity contribution in [2.24, 2.45) is 0 Å². The van der Waals surface area contributed by atoms with Gasteiger partial charge in [0.15, 0.2) is 6.71 Å². The van der Waals surface area contributed by atoms with Crippen LogP contribution in [0, 0.1) is 0 Å². The van der Waals surface area contributed by atoms with Crippen molar-refractivity contribution >= 4 is 64.5 Å². The van der Waals surface area contributed by atoms with Crippen molar-refractivity contribution in [3.63, 3.8) is 0 Å². The van der Waals surface area contributed by atoms with Gasteiger partial charge in [-0.15, -0.1) is 0 Å². The van der Waals surface area contributed by atoms with Crippen LogP contribution in [0.3, 0.4) is 0 Å². The lowest BCUT2D eigenvalue weighted by atomic mass is 9.22. The molecule has 11 aromatic carbocycles. The van der Waals surface area contributed by atoms with Gasteiger partial charge in [0.2, 0.25) is 6.71 Å². The van der Waals surface area contributed by atoms with E-state index in [1.807, 2.05) is 0 Å². The molecule has 3 saturated carbocycles. The van der Waals surface area contributed by atoms with Gasteiger partial charge in [-0.05, 0) is 160 Å². The fourth-order valence-electron chi connectivity index (χ4n) is 22.0. The zero-order valence-electron chi connectivity index (χ0n) is 62.3. The van der Waals surface area contributed by atoms with Gasteiger partial charge in [0, 0.05) is 104 Å². The summed E-state index contributed by atoms with van der Waals surface area (Å²) in [6.45, 7) is 7.47. The first kappa shape index (κ1) is 67.2. The molecular weight excluding hydrogens is 1330 g/mol. The highest BCUT2D eigenvalue weighted by Crippen LogP contribution is 2.63. The Labute approximate surface area is 645 Å². The molecule has 0 bridgehead atoms. The smallest absolute Gasteiger partial charge is 0.225 e. The van der Waals surface area contributed by atoms with Crippen molar-refractivity contribution in [3.8, 4) is 39.1 Å². The van der Waals surface area contributed by atoms with E-state index in [0.717, 1.165) is 37.9 Å². The maximum atomic E-state index is 7.89. The van der Waals surface area contributed by atoms with E-state index in [4.69, 9.17) is 4.74 Å². The standard InChI is InChI=1S/C100H94B2N4OS/c1-100(2,3)74-55-49-73(50-56-74)82-41-21-26-46-89(82)106-91-66-96-86(65-85(91)102-84-43-23-28-48-94(84)107-95-63-78(61-92(106)98(95)102)103(76-57-51-69(52-58-76)67-29-9-4-10-30-67)87-44-24-19-39-80(87)71-33-13-6-14-34-71)101-83-42-22-27-47-90(83)105(75-37-17-8-18-38-75)93-62-79(64-97(108-96)99(93)101)104(77-59-53-70(54-60-77)68-31-11-5-12-32-68)88-45-25-20-40-81(88)72-35-15-7-16-36-72/h4-18,20-23,25-38,40-43,45-60,65-66,78-80,82,86-87,89,92-93,95-99H,19,24,39,44,61-64H2,1-3H3. The molecule has 0 aromatic heterocycles. The second kappa shape index (κ2) is 28.1. The zero-order chi connectivity index (χ0) is 72.0. The van der Waals surface area contributed by atoms with Gasteiger partial charge in [0.1, 0.15) is 5.75 Å². The highest BCUT2D eigenvalue weighted by molar-refractivity contribution is 8.01. The van der Waals surface area contributed by atoms with Gasteiger partial charge in [-0.1, -0.05) is 318 Å². The summed E-state index contributed by atoms with van der Waals surface area (Å²) in [6.07, 6.45) is 24.5. The van der Waals surface area contributed by atoms with E-state index in [1.165, 1.54) is 120 Å². The highest BCUT2D eigenvalue weighted by Gasteiger charge is 2.63. The first-order valence-corrected chi connectivity index (χ1v) is 41.3. The van der Waals surface area contributed by atoms with E-state index in [0.29, 0.717) is 23.0 Å². The van der Waals surface area contributed by atoms with E-state index in [1.54, 1.807) is 0 Å². The Hall–Kier alpha value is -10.1. The Kier molecular flexibility index (Phi) is 17.5. The quantitative estimate of drug-likeness (QED) is 0.107. The van der Waals surface area contributed by atoms with E-state index in [-0.39, 0.29) is 78.0 Å². The Morgan fingerprint density at radius 2 is 1.07 bits per heavy atom. The summed E-state index contributed by atoms with van der Waals surface area (Å²) in [5, 5.41) is 0.520. The molecule has 0 radical (unpaired) electrons. The summed E-state index contributed by atoms with van der Waals surface area (Å²) < 4.78 is 7.89. The normalized spacial score (nSPS) is 26.4. The van der Waals surface area contributed by atoms with Gasteiger partial charge in [0.25, 0.3) is 0 Å². The van der Waals surface area contributed by atoms with Crippen LogP contribution in [0.1, 0.15) is 101 Å². The second-order valence-corrected chi connectivity index (χ2v) is 34.7. The number of benzene rings is 11. The lowest BCUT2D eigenvalue weighted by Crippen LogP contribution is -2.69. The number of fused-ring (bicyclic) bond motifs is 8. The molecule has 5 fully saturated rings. The third kappa shape index (κ3) is 11.9. The van der Waals surface area contributed by atoms with Crippen molar-refractivity contribution in [2.45, 2.75) is 160 Å². The number of allylic oxidation sites excluding steroid dienone is 4. The van der Waals surface area contributed by atoms with Crippen molar-refractivity contribution < 1.29 is 4.74 Å². The molecule has 8 heteroatoms. The van der Waals surface area contributed by atoms with Crippen LogP contribution in [-0.2, 0) is 5.41 Å². The Bertz CT molecular complexity index is 5180. The van der Waals surface area contributed by atoms with Crippen LogP contribution in [0.2, 0.25) is 17.5 Å². The predicted octanol–water partition coefficient (Wildman–Crippen LogP) is 22.7. The van der Waals surface area contributed by atoms with E-state index < -0.39 is 0 Å². The largest absolute Gasteiger partial charge is 0.491 e. The lowest BCUT2D eigenvalue weighted by Gasteiger charge is -2.62. The average molecular weight is 1420 g/mol. The molecule has 14 atom stereocenters. The third-order valence-electron chi connectivity index (χ3n) is 26.6. The molecule has 108 heavy (non-hydrogen) atoms. The van der Waals surface area contributed by atoms with E-state index >= 15 is 0 Å². The summed E-state index contributed by atoms with van der Waals surface area (Å²) in [5.41, 5.74) is 24.1. The number of anilines is 5. The number of rotatable bonds is 13. The minimum absolute atomic E-state index is 0.0297. The summed E-state index contributed by atoms with van der Waals surface area (Å²) in [4.78, 5) is 11.7. The van der Waals surface area contributed by atoms with Crippen molar-refractivity contribution in [2.75, 3.05) is 14.7 Å². The maximum absolute atomic E-state index is 7.89. The minimum Gasteiger partial charge on any atom is -0.491 e. The van der Waals surface area contributed by atoms with E-state index in [2.05, 4.69) is 386 Å². The summed E-state index contributed by atoms with van der Waals surface area (Å²) in [5.74, 6) is 2.38. The molecule has 5 nitrogen and oxygen atoms in total. The fourth-order valence-corrected chi connectivity index (χ4v) is 23.9. The van der Waals surface area contributed by atoms with E-state index in [9.17, 15) is 0 Å². The van der Waals surface area contributed by atoms with Gasteiger partial charge in [-0.2, -0.15) is 11.8 Å². The van der Waals surface area contributed by atoms with Crippen molar-refractivity contribution in [1.29, 1.82) is 0 Å². The Balaban J connectivity index is 0.768. The van der Waals surface area contributed by atoms with Crippen LogP contribution >= 0.6 is 11.8 Å².